The summed E-state index contributed by atoms with van der Waals surface area (Å²) < 4.78 is 5.50. The molecule has 4 nitrogen and oxygen atoms in total. The van der Waals surface area contributed by atoms with E-state index < -0.39 is 5.97 Å². The summed E-state index contributed by atoms with van der Waals surface area (Å²) in [6.07, 6.45) is 1.04. The lowest BCUT2D eigenvalue weighted by molar-refractivity contribution is 0.0698. The van der Waals surface area contributed by atoms with Crippen LogP contribution in [-0.2, 0) is 0 Å². The predicted molar refractivity (Wildman–Crippen MR) is 62.8 cm³/mol. The molecule has 0 aliphatic heterocycles. The molecule has 1 aromatic carbocycles. The first-order valence-electron chi connectivity index (χ1n) is 5.30. The average molecular weight is 223 g/mol. The van der Waals surface area contributed by atoms with Gasteiger partial charge < -0.3 is 15.6 Å². The molecular formula is C12H17NO3. The topological polar surface area (TPSA) is 72.5 Å². The van der Waals surface area contributed by atoms with Crippen LogP contribution >= 0.6 is 0 Å². The molecule has 0 radical (unpaired) electrons. The van der Waals surface area contributed by atoms with Gasteiger partial charge in [-0.1, -0.05) is 20.3 Å². The summed E-state index contributed by atoms with van der Waals surface area (Å²) in [6.45, 7) is 4.80. The molecule has 0 bridgehead atoms. The maximum Gasteiger partial charge on any atom is 0.337 e. The van der Waals surface area contributed by atoms with Gasteiger partial charge >= 0.3 is 5.97 Å². The van der Waals surface area contributed by atoms with E-state index in [0.717, 1.165) is 6.42 Å². The molecule has 0 saturated carbocycles. The second-order valence-electron chi connectivity index (χ2n) is 3.88. The van der Waals surface area contributed by atoms with E-state index in [1.165, 1.54) is 6.07 Å². The van der Waals surface area contributed by atoms with Crippen LogP contribution in [0.1, 0.15) is 30.6 Å². The minimum atomic E-state index is -1.02. The average Bonchev–Trinajstić information content (AvgIpc) is 2.25. The molecule has 0 spiro atoms. The largest absolute Gasteiger partial charge is 0.493 e. The van der Waals surface area contributed by atoms with E-state index in [-0.39, 0.29) is 11.3 Å². The van der Waals surface area contributed by atoms with Crippen molar-refractivity contribution in [3.8, 4) is 5.75 Å². The number of carbonyl (C=O) groups is 1. The quantitative estimate of drug-likeness (QED) is 0.752. The first-order valence-corrected chi connectivity index (χ1v) is 5.30. The zero-order chi connectivity index (χ0) is 12.1. The number of anilines is 1. The highest BCUT2D eigenvalue weighted by Gasteiger charge is 2.08. The Balaban J connectivity index is 2.70. The summed E-state index contributed by atoms with van der Waals surface area (Å²) in [7, 11) is 0. The van der Waals surface area contributed by atoms with Crippen LogP contribution in [0, 0.1) is 5.92 Å². The maximum atomic E-state index is 10.7. The Hall–Kier alpha value is -1.71. The number of carboxylic acid groups (broad SMARTS) is 1. The normalized spacial score (nSPS) is 12.1. The van der Waals surface area contributed by atoms with Crippen molar-refractivity contribution in [2.24, 2.45) is 5.92 Å². The molecule has 1 rings (SSSR count). The van der Waals surface area contributed by atoms with Crippen molar-refractivity contribution in [3.63, 3.8) is 0 Å². The number of nitrogen functional groups attached to an aromatic ring is 1. The SMILES string of the molecule is CCC(C)COc1ccc(C(=O)O)c(N)c1. The Kier molecular flexibility index (Phi) is 4.17. The lowest BCUT2D eigenvalue weighted by atomic mass is 10.1. The Morgan fingerprint density at radius 3 is 2.75 bits per heavy atom. The molecule has 16 heavy (non-hydrogen) atoms. The lowest BCUT2D eigenvalue weighted by Gasteiger charge is -2.11. The molecule has 0 amide bonds. The van der Waals surface area contributed by atoms with Crippen LogP contribution in [0.5, 0.6) is 5.75 Å². The second-order valence-corrected chi connectivity index (χ2v) is 3.88. The summed E-state index contributed by atoms with van der Waals surface area (Å²) in [5.41, 5.74) is 5.94. The lowest BCUT2D eigenvalue weighted by Crippen LogP contribution is -2.08. The molecule has 0 aliphatic carbocycles. The van der Waals surface area contributed by atoms with Gasteiger partial charge in [0, 0.05) is 11.8 Å². The van der Waals surface area contributed by atoms with Crippen LogP contribution in [0.3, 0.4) is 0 Å². The highest BCUT2D eigenvalue weighted by atomic mass is 16.5. The fourth-order valence-electron chi connectivity index (χ4n) is 1.18. The van der Waals surface area contributed by atoms with E-state index in [1.54, 1.807) is 12.1 Å². The van der Waals surface area contributed by atoms with Gasteiger partial charge in [0.1, 0.15) is 5.75 Å². The van der Waals surface area contributed by atoms with E-state index >= 15 is 0 Å². The fourth-order valence-corrected chi connectivity index (χ4v) is 1.18. The van der Waals surface area contributed by atoms with Crippen molar-refractivity contribution >= 4 is 11.7 Å². The zero-order valence-corrected chi connectivity index (χ0v) is 9.56. The molecule has 1 atom stereocenters. The third kappa shape index (κ3) is 3.15. The first-order chi connectivity index (χ1) is 7.54. The molecular weight excluding hydrogens is 206 g/mol. The van der Waals surface area contributed by atoms with Crippen molar-refractivity contribution in [1.82, 2.24) is 0 Å². The molecule has 3 N–H and O–H groups in total. The highest BCUT2D eigenvalue weighted by molar-refractivity contribution is 5.93. The zero-order valence-electron chi connectivity index (χ0n) is 9.56. The summed E-state index contributed by atoms with van der Waals surface area (Å²) in [5.74, 6) is 0.0640. The summed E-state index contributed by atoms with van der Waals surface area (Å²) in [5, 5.41) is 8.79. The molecule has 88 valence electrons. The van der Waals surface area contributed by atoms with Gasteiger partial charge in [-0.15, -0.1) is 0 Å². The third-order valence-electron chi connectivity index (χ3n) is 2.48. The third-order valence-corrected chi connectivity index (χ3v) is 2.48. The Morgan fingerprint density at radius 2 is 2.25 bits per heavy atom. The Bertz CT molecular complexity index is 377. The van der Waals surface area contributed by atoms with Crippen molar-refractivity contribution in [3.05, 3.63) is 23.8 Å². The van der Waals surface area contributed by atoms with Crippen LogP contribution < -0.4 is 10.5 Å². The Morgan fingerprint density at radius 1 is 1.56 bits per heavy atom. The first kappa shape index (κ1) is 12.4. The maximum absolute atomic E-state index is 10.7. The van der Waals surface area contributed by atoms with E-state index in [2.05, 4.69) is 13.8 Å². The molecule has 0 heterocycles. The van der Waals surface area contributed by atoms with E-state index in [9.17, 15) is 4.79 Å². The number of benzene rings is 1. The van der Waals surface area contributed by atoms with Crippen molar-refractivity contribution < 1.29 is 14.6 Å². The van der Waals surface area contributed by atoms with Gasteiger partial charge in [-0.05, 0) is 18.1 Å². The molecule has 4 heteroatoms. The van der Waals surface area contributed by atoms with Crippen LogP contribution in [0.15, 0.2) is 18.2 Å². The summed E-state index contributed by atoms with van der Waals surface area (Å²) >= 11 is 0. The second kappa shape index (κ2) is 5.39. The minimum absolute atomic E-state index is 0.107. The smallest absolute Gasteiger partial charge is 0.337 e. The van der Waals surface area contributed by atoms with Gasteiger partial charge in [-0.2, -0.15) is 0 Å². The van der Waals surface area contributed by atoms with Gasteiger partial charge in [0.2, 0.25) is 0 Å². The number of hydrogen-bond acceptors (Lipinski definition) is 3. The van der Waals surface area contributed by atoms with Crippen LogP contribution in [-0.4, -0.2) is 17.7 Å². The summed E-state index contributed by atoms with van der Waals surface area (Å²) in [6, 6.07) is 4.64. The van der Waals surface area contributed by atoms with Gasteiger partial charge in [-0.3, -0.25) is 0 Å². The van der Waals surface area contributed by atoms with Crippen LogP contribution in [0.2, 0.25) is 0 Å². The monoisotopic (exact) mass is 223 g/mol. The summed E-state index contributed by atoms with van der Waals surface area (Å²) in [4.78, 5) is 10.7. The molecule has 0 fully saturated rings. The molecule has 1 aromatic rings. The molecule has 0 aliphatic rings. The van der Waals surface area contributed by atoms with E-state index in [1.807, 2.05) is 0 Å². The fraction of sp³-hybridized carbons (Fsp3) is 0.417. The number of ether oxygens (including phenoxy) is 1. The van der Waals surface area contributed by atoms with Gasteiger partial charge in [0.05, 0.1) is 12.2 Å². The number of hydrogen-bond donors (Lipinski definition) is 2. The molecule has 0 saturated heterocycles. The predicted octanol–water partition coefficient (Wildman–Crippen LogP) is 2.39. The molecule has 0 aromatic heterocycles. The minimum Gasteiger partial charge on any atom is -0.493 e. The van der Waals surface area contributed by atoms with Gasteiger partial charge in [0.25, 0.3) is 0 Å². The number of aromatic carboxylic acids is 1. The van der Waals surface area contributed by atoms with Crippen molar-refractivity contribution in [2.75, 3.05) is 12.3 Å². The van der Waals surface area contributed by atoms with Crippen LogP contribution in [0.4, 0.5) is 5.69 Å². The number of nitrogens with two attached hydrogens (primary N) is 1. The van der Waals surface area contributed by atoms with Gasteiger partial charge in [0.15, 0.2) is 0 Å². The van der Waals surface area contributed by atoms with Crippen molar-refractivity contribution in [2.45, 2.75) is 20.3 Å². The number of rotatable bonds is 5. The Labute approximate surface area is 95.0 Å². The highest BCUT2D eigenvalue weighted by Crippen LogP contribution is 2.20. The molecule has 1 unspecified atom stereocenters. The van der Waals surface area contributed by atoms with Crippen molar-refractivity contribution in [1.29, 1.82) is 0 Å². The van der Waals surface area contributed by atoms with E-state index in [0.29, 0.717) is 18.3 Å². The van der Waals surface area contributed by atoms with Crippen LogP contribution in [0.25, 0.3) is 0 Å². The standard InChI is InChI=1S/C12H17NO3/c1-3-8(2)7-16-9-4-5-10(12(14)15)11(13)6-9/h4-6,8H,3,7,13H2,1-2H3,(H,14,15). The number of carboxylic acids is 1. The van der Waals surface area contributed by atoms with Gasteiger partial charge in [-0.25, -0.2) is 4.79 Å². The van der Waals surface area contributed by atoms with E-state index in [4.69, 9.17) is 15.6 Å².